The van der Waals surface area contributed by atoms with Gasteiger partial charge in [0.1, 0.15) is 11.6 Å². The molecule has 2 saturated carbocycles. The number of hydrogen-bond donors (Lipinski definition) is 3. The fourth-order valence-corrected chi connectivity index (χ4v) is 4.76. The molecule has 0 spiro atoms. The molecule has 2 amide bonds. The van der Waals surface area contributed by atoms with Crippen LogP contribution in [-0.2, 0) is 4.79 Å². The first-order chi connectivity index (χ1) is 13.9. The number of anilines is 2. The summed E-state index contributed by atoms with van der Waals surface area (Å²) in [6, 6.07) is 5.90. The Hall–Kier alpha value is -2.38. The third-order valence-electron chi connectivity index (χ3n) is 6.37. The molecule has 4 rings (SSSR count). The maximum Gasteiger partial charge on any atom is 0.259 e. The predicted molar refractivity (Wildman–Crippen MR) is 115 cm³/mol. The molecule has 0 radical (unpaired) electrons. The lowest BCUT2D eigenvalue weighted by molar-refractivity contribution is -0.122. The number of aryl methyl sites for hydroxylation is 1. The maximum atomic E-state index is 14.2. The summed E-state index contributed by atoms with van der Waals surface area (Å²) in [5, 5.41) is 5.43. The van der Waals surface area contributed by atoms with Crippen LogP contribution in [0.3, 0.4) is 0 Å². The lowest BCUT2D eigenvalue weighted by Crippen LogP contribution is -2.48. The van der Waals surface area contributed by atoms with Gasteiger partial charge < -0.3 is 20.8 Å². The van der Waals surface area contributed by atoms with Gasteiger partial charge in [-0.25, -0.2) is 4.39 Å². The SMILES string of the molecule is Cc1occc1C(=O)Nc1cc(NC(=O)C2CC3CCCC(C2)C3N)ccc1F.Cl. The van der Waals surface area contributed by atoms with Crippen LogP contribution >= 0.6 is 12.4 Å². The Bertz CT molecular complexity index is 918. The number of furan rings is 1. The smallest absolute Gasteiger partial charge is 0.259 e. The predicted octanol–water partition coefficient (Wildman–Crippen LogP) is 4.49. The van der Waals surface area contributed by atoms with E-state index < -0.39 is 11.7 Å². The van der Waals surface area contributed by atoms with E-state index in [-0.39, 0.29) is 36.0 Å². The molecule has 0 aliphatic heterocycles. The molecule has 2 atom stereocenters. The molecular weight excluding hydrogens is 409 g/mol. The molecule has 2 bridgehead atoms. The number of hydrogen-bond acceptors (Lipinski definition) is 4. The highest BCUT2D eigenvalue weighted by atomic mass is 35.5. The van der Waals surface area contributed by atoms with E-state index >= 15 is 0 Å². The van der Waals surface area contributed by atoms with Crippen LogP contribution in [0.5, 0.6) is 0 Å². The van der Waals surface area contributed by atoms with Crippen molar-refractivity contribution in [2.75, 3.05) is 10.6 Å². The molecule has 162 valence electrons. The third kappa shape index (κ3) is 4.52. The van der Waals surface area contributed by atoms with Crippen molar-refractivity contribution in [1.29, 1.82) is 0 Å². The summed E-state index contributed by atoms with van der Waals surface area (Å²) >= 11 is 0. The van der Waals surface area contributed by atoms with Gasteiger partial charge in [0.2, 0.25) is 5.91 Å². The molecule has 2 aromatic rings. The Morgan fingerprint density at radius 3 is 2.47 bits per heavy atom. The van der Waals surface area contributed by atoms with Gasteiger partial charge in [-0.1, -0.05) is 6.42 Å². The molecule has 0 saturated heterocycles. The highest BCUT2D eigenvalue weighted by Crippen LogP contribution is 2.42. The maximum absolute atomic E-state index is 14.2. The number of rotatable bonds is 4. The quantitative estimate of drug-likeness (QED) is 0.658. The lowest BCUT2D eigenvalue weighted by Gasteiger charge is -2.43. The second-order valence-corrected chi connectivity index (χ2v) is 8.23. The van der Waals surface area contributed by atoms with Gasteiger partial charge in [-0.3, -0.25) is 9.59 Å². The van der Waals surface area contributed by atoms with Crippen LogP contribution in [0.4, 0.5) is 15.8 Å². The Morgan fingerprint density at radius 1 is 1.13 bits per heavy atom. The van der Waals surface area contributed by atoms with E-state index in [1.165, 1.54) is 36.9 Å². The summed E-state index contributed by atoms with van der Waals surface area (Å²) in [6.07, 6.45) is 6.36. The minimum atomic E-state index is -0.573. The molecule has 2 aliphatic rings. The van der Waals surface area contributed by atoms with Crippen molar-refractivity contribution in [3.05, 3.63) is 47.7 Å². The van der Waals surface area contributed by atoms with Crippen LogP contribution in [0, 0.1) is 30.5 Å². The fraction of sp³-hybridized carbons (Fsp3) is 0.455. The van der Waals surface area contributed by atoms with Crippen molar-refractivity contribution in [2.24, 2.45) is 23.5 Å². The number of carbonyl (C=O) groups is 2. The van der Waals surface area contributed by atoms with Gasteiger partial charge in [0, 0.05) is 17.6 Å². The Labute approximate surface area is 181 Å². The van der Waals surface area contributed by atoms with Crippen molar-refractivity contribution in [2.45, 2.75) is 45.1 Å². The Balaban J connectivity index is 0.00000256. The number of benzene rings is 1. The molecule has 1 heterocycles. The van der Waals surface area contributed by atoms with Crippen LogP contribution in [0.1, 0.15) is 48.2 Å². The average molecular weight is 436 g/mol. The molecule has 8 heteroatoms. The molecule has 1 aromatic carbocycles. The first-order valence-corrected chi connectivity index (χ1v) is 10.1. The van der Waals surface area contributed by atoms with Gasteiger partial charge in [0.15, 0.2) is 0 Å². The summed E-state index contributed by atoms with van der Waals surface area (Å²) in [7, 11) is 0. The molecule has 4 N–H and O–H groups in total. The van der Waals surface area contributed by atoms with E-state index in [1.807, 2.05) is 0 Å². The molecule has 2 fully saturated rings. The summed E-state index contributed by atoms with van der Waals surface area (Å²) in [5.41, 5.74) is 7.11. The zero-order valence-corrected chi connectivity index (χ0v) is 17.6. The molecular formula is C22H27ClFN3O3. The highest BCUT2D eigenvalue weighted by Gasteiger charge is 2.40. The first kappa shape index (κ1) is 22.3. The van der Waals surface area contributed by atoms with Gasteiger partial charge in [-0.2, -0.15) is 0 Å². The van der Waals surface area contributed by atoms with Gasteiger partial charge >= 0.3 is 0 Å². The summed E-state index contributed by atoms with van der Waals surface area (Å²) < 4.78 is 19.3. The largest absolute Gasteiger partial charge is 0.469 e. The fourth-order valence-electron chi connectivity index (χ4n) is 4.76. The van der Waals surface area contributed by atoms with Gasteiger partial charge in [0.25, 0.3) is 5.91 Å². The van der Waals surface area contributed by atoms with Crippen molar-refractivity contribution in [3.8, 4) is 0 Å². The Kier molecular flexibility index (Phi) is 6.83. The van der Waals surface area contributed by atoms with Crippen LogP contribution < -0.4 is 16.4 Å². The summed E-state index contributed by atoms with van der Waals surface area (Å²) in [6.45, 7) is 1.66. The molecule has 1 aromatic heterocycles. The van der Waals surface area contributed by atoms with E-state index in [0.717, 1.165) is 25.7 Å². The van der Waals surface area contributed by atoms with Crippen LogP contribution in [0.2, 0.25) is 0 Å². The highest BCUT2D eigenvalue weighted by molar-refractivity contribution is 6.05. The van der Waals surface area contributed by atoms with E-state index in [1.54, 1.807) is 6.92 Å². The van der Waals surface area contributed by atoms with Crippen molar-refractivity contribution in [1.82, 2.24) is 0 Å². The lowest BCUT2D eigenvalue weighted by atomic mass is 9.65. The second-order valence-electron chi connectivity index (χ2n) is 8.23. The minimum absolute atomic E-state index is 0. The number of carbonyl (C=O) groups excluding carboxylic acids is 2. The molecule has 6 nitrogen and oxygen atoms in total. The molecule has 30 heavy (non-hydrogen) atoms. The van der Waals surface area contributed by atoms with Gasteiger partial charge in [-0.05, 0) is 68.7 Å². The topological polar surface area (TPSA) is 97.4 Å². The Morgan fingerprint density at radius 2 is 1.83 bits per heavy atom. The van der Waals surface area contributed by atoms with Crippen molar-refractivity contribution >= 4 is 35.6 Å². The monoisotopic (exact) mass is 435 g/mol. The third-order valence-corrected chi connectivity index (χ3v) is 6.37. The number of nitrogens with one attached hydrogen (secondary N) is 2. The van der Waals surface area contributed by atoms with E-state index in [9.17, 15) is 14.0 Å². The van der Waals surface area contributed by atoms with Gasteiger partial charge in [-0.15, -0.1) is 12.4 Å². The van der Waals surface area contributed by atoms with E-state index in [2.05, 4.69) is 10.6 Å². The minimum Gasteiger partial charge on any atom is -0.469 e. The second kappa shape index (κ2) is 9.18. The van der Waals surface area contributed by atoms with Crippen LogP contribution in [-0.4, -0.2) is 17.9 Å². The van der Waals surface area contributed by atoms with Crippen LogP contribution in [0.25, 0.3) is 0 Å². The van der Waals surface area contributed by atoms with E-state index in [4.69, 9.17) is 10.2 Å². The molecule has 2 aliphatic carbocycles. The number of nitrogens with two attached hydrogens (primary N) is 1. The van der Waals surface area contributed by atoms with E-state index in [0.29, 0.717) is 28.8 Å². The van der Waals surface area contributed by atoms with Crippen molar-refractivity contribution < 1.29 is 18.4 Å². The summed E-state index contributed by atoms with van der Waals surface area (Å²) in [5.74, 6) is 0.0704. The average Bonchev–Trinajstić information content (AvgIpc) is 3.10. The van der Waals surface area contributed by atoms with Gasteiger partial charge in [0.05, 0.1) is 17.5 Å². The zero-order valence-electron chi connectivity index (χ0n) is 16.8. The standard InChI is InChI=1S/C22H26FN3O3.ClH/c1-12-17(7-8-29-12)22(28)26-19-11-16(5-6-18(19)23)25-21(27)15-9-13-3-2-4-14(10-15)20(13)24;/h5-8,11,13-15,20H,2-4,9-10,24H2,1H3,(H,25,27)(H,26,28);1H. The molecule has 2 unspecified atom stereocenters. The number of halogens is 2. The summed E-state index contributed by atoms with van der Waals surface area (Å²) in [4.78, 5) is 25.1. The zero-order chi connectivity index (χ0) is 20.5. The first-order valence-electron chi connectivity index (χ1n) is 10.1. The van der Waals surface area contributed by atoms with Crippen LogP contribution in [0.15, 0.2) is 34.9 Å². The number of fused-ring (bicyclic) bond motifs is 2. The normalized spacial score (nSPS) is 25.2. The number of amides is 2. The van der Waals surface area contributed by atoms with Crippen molar-refractivity contribution in [3.63, 3.8) is 0 Å².